The predicted octanol–water partition coefficient (Wildman–Crippen LogP) is 1.07. The number of piperazine rings is 1. The first-order valence-corrected chi connectivity index (χ1v) is 7.89. The first-order chi connectivity index (χ1) is 9.66. The van der Waals surface area contributed by atoms with Crippen molar-refractivity contribution in [2.24, 2.45) is 5.92 Å². The average molecular weight is 280 g/mol. The predicted molar refractivity (Wildman–Crippen MR) is 74.0 cm³/mol. The third kappa shape index (κ3) is 2.82. The Labute approximate surface area is 120 Å². The Hall–Kier alpha value is -1.10. The maximum Gasteiger partial charge on any atom is 0.245 e. The number of hydrogen-bond acceptors (Lipinski definition) is 3. The van der Waals surface area contributed by atoms with Crippen molar-refractivity contribution >= 4 is 11.8 Å². The third-order valence-electron chi connectivity index (χ3n) is 4.63. The molecule has 112 valence electrons. The van der Waals surface area contributed by atoms with Crippen LogP contribution < -0.4 is 5.32 Å². The average Bonchev–Trinajstić information content (AvgIpc) is 3.11. The zero-order valence-corrected chi connectivity index (χ0v) is 12.1. The van der Waals surface area contributed by atoms with Gasteiger partial charge in [-0.15, -0.1) is 0 Å². The topological polar surface area (TPSA) is 58.6 Å². The smallest absolute Gasteiger partial charge is 0.245 e. The number of nitrogens with one attached hydrogen (secondary N) is 1. The second-order valence-corrected chi connectivity index (χ2v) is 6.32. The van der Waals surface area contributed by atoms with Gasteiger partial charge >= 0.3 is 0 Å². The van der Waals surface area contributed by atoms with E-state index < -0.39 is 0 Å². The van der Waals surface area contributed by atoms with Crippen LogP contribution in [-0.4, -0.2) is 48.1 Å². The summed E-state index contributed by atoms with van der Waals surface area (Å²) in [5.74, 6) is 0.500. The molecule has 3 atom stereocenters. The summed E-state index contributed by atoms with van der Waals surface area (Å²) in [4.78, 5) is 26.3. The van der Waals surface area contributed by atoms with Crippen molar-refractivity contribution in [3.63, 3.8) is 0 Å². The van der Waals surface area contributed by atoms with Crippen LogP contribution in [0.2, 0.25) is 0 Å². The molecule has 3 unspecified atom stereocenters. The molecule has 1 aliphatic carbocycles. The number of amides is 2. The summed E-state index contributed by atoms with van der Waals surface area (Å²) in [5, 5.41) is 2.81. The lowest BCUT2D eigenvalue weighted by Crippen LogP contribution is -2.63. The molecule has 20 heavy (non-hydrogen) atoms. The fraction of sp³-hybridized carbons (Fsp3) is 0.867. The van der Waals surface area contributed by atoms with E-state index in [9.17, 15) is 9.59 Å². The standard InChI is InChI=1S/C15H24N2O3/c1-10-15(19)17(8-2-4-12-5-3-9-20-12)13(11-6-7-11)14(18)16-10/h10-13H,2-9H2,1H3,(H,16,18). The van der Waals surface area contributed by atoms with Crippen LogP contribution in [0.4, 0.5) is 0 Å². The van der Waals surface area contributed by atoms with Gasteiger partial charge in [-0.3, -0.25) is 9.59 Å². The summed E-state index contributed by atoms with van der Waals surface area (Å²) in [6.07, 6.45) is 6.72. The molecular formula is C15H24N2O3. The van der Waals surface area contributed by atoms with Crippen LogP contribution >= 0.6 is 0 Å². The Balaban J connectivity index is 1.57. The Morgan fingerprint density at radius 1 is 1.30 bits per heavy atom. The zero-order chi connectivity index (χ0) is 14.1. The van der Waals surface area contributed by atoms with Gasteiger partial charge in [0.25, 0.3) is 0 Å². The van der Waals surface area contributed by atoms with E-state index in [1.54, 1.807) is 6.92 Å². The molecular weight excluding hydrogens is 256 g/mol. The molecule has 0 bridgehead atoms. The van der Waals surface area contributed by atoms with Crippen molar-refractivity contribution in [2.45, 2.75) is 63.6 Å². The van der Waals surface area contributed by atoms with E-state index in [4.69, 9.17) is 4.74 Å². The van der Waals surface area contributed by atoms with E-state index >= 15 is 0 Å². The molecule has 2 amide bonds. The van der Waals surface area contributed by atoms with E-state index in [0.717, 1.165) is 45.1 Å². The van der Waals surface area contributed by atoms with E-state index in [1.165, 1.54) is 0 Å². The van der Waals surface area contributed by atoms with Gasteiger partial charge < -0.3 is 15.0 Å². The molecule has 1 N–H and O–H groups in total. The van der Waals surface area contributed by atoms with Crippen LogP contribution in [0, 0.1) is 5.92 Å². The number of carbonyl (C=O) groups is 2. The lowest BCUT2D eigenvalue weighted by Gasteiger charge is -2.38. The fourth-order valence-electron chi connectivity index (χ4n) is 3.38. The molecule has 3 fully saturated rings. The van der Waals surface area contributed by atoms with Crippen molar-refractivity contribution in [1.29, 1.82) is 0 Å². The molecule has 2 heterocycles. The highest BCUT2D eigenvalue weighted by molar-refractivity contribution is 5.97. The summed E-state index contributed by atoms with van der Waals surface area (Å²) in [6.45, 7) is 3.34. The highest BCUT2D eigenvalue weighted by Crippen LogP contribution is 2.37. The summed E-state index contributed by atoms with van der Waals surface area (Å²) in [7, 11) is 0. The molecule has 2 aliphatic heterocycles. The molecule has 0 spiro atoms. The molecule has 0 aromatic carbocycles. The van der Waals surface area contributed by atoms with Gasteiger partial charge in [0.15, 0.2) is 0 Å². The van der Waals surface area contributed by atoms with E-state index in [0.29, 0.717) is 18.6 Å². The van der Waals surface area contributed by atoms with Gasteiger partial charge in [0.2, 0.25) is 11.8 Å². The highest BCUT2D eigenvalue weighted by Gasteiger charge is 2.46. The van der Waals surface area contributed by atoms with Gasteiger partial charge in [-0.2, -0.15) is 0 Å². The molecule has 3 rings (SSSR count). The molecule has 2 saturated heterocycles. The van der Waals surface area contributed by atoms with E-state index in [1.807, 2.05) is 4.90 Å². The number of hydrogen-bond donors (Lipinski definition) is 1. The highest BCUT2D eigenvalue weighted by atomic mass is 16.5. The van der Waals surface area contributed by atoms with Crippen LogP contribution in [0.5, 0.6) is 0 Å². The van der Waals surface area contributed by atoms with Gasteiger partial charge in [-0.25, -0.2) is 0 Å². The summed E-state index contributed by atoms with van der Waals surface area (Å²) in [6, 6.07) is -0.594. The van der Waals surface area contributed by atoms with E-state index in [-0.39, 0.29) is 23.9 Å². The lowest BCUT2D eigenvalue weighted by atomic mass is 10.0. The van der Waals surface area contributed by atoms with Crippen molar-refractivity contribution in [2.75, 3.05) is 13.2 Å². The van der Waals surface area contributed by atoms with Crippen molar-refractivity contribution < 1.29 is 14.3 Å². The second kappa shape index (κ2) is 5.72. The summed E-state index contributed by atoms with van der Waals surface area (Å²) >= 11 is 0. The van der Waals surface area contributed by atoms with Crippen LogP contribution in [0.15, 0.2) is 0 Å². The first kappa shape index (κ1) is 13.9. The number of rotatable bonds is 5. The Morgan fingerprint density at radius 2 is 2.10 bits per heavy atom. The Morgan fingerprint density at radius 3 is 2.75 bits per heavy atom. The number of carbonyl (C=O) groups excluding carboxylic acids is 2. The minimum Gasteiger partial charge on any atom is -0.378 e. The molecule has 5 nitrogen and oxygen atoms in total. The molecule has 5 heteroatoms. The van der Waals surface area contributed by atoms with Gasteiger partial charge in [-0.1, -0.05) is 0 Å². The van der Waals surface area contributed by atoms with Crippen molar-refractivity contribution in [3.05, 3.63) is 0 Å². The first-order valence-electron chi connectivity index (χ1n) is 7.89. The number of ether oxygens (including phenoxy) is 1. The van der Waals surface area contributed by atoms with E-state index in [2.05, 4.69) is 5.32 Å². The van der Waals surface area contributed by atoms with Crippen LogP contribution in [-0.2, 0) is 14.3 Å². The fourth-order valence-corrected chi connectivity index (χ4v) is 3.38. The van der Waals surface area contributed by atoms with Gasteiger partial charge in [0, 0.05) is 13.2 Å². The Kier molecular flexibility index (Phi) is 3.96. The SMILES string of the molecule is CC1NC(=O)C(C2CC2)N(CCCC2CCCO2)C1=O. The second-order valence-electron chi connectivity index (χ2n) is 6.32. The number of nitrogens with zero attached hydrogens (tertiary/aromatic N) is 1. The minimum absolute atomic E-state index is 0.0386. The normalized spacial score (nSPS) is 34.5. The quantitative estimate of drug-likeness (QED) is 0.819. The molecule has 0 aromatic rings. The largest absolute Gasteiger partial charge is 0.378 e. The molecule has 0 aromatic heterocycles. The van der Waals surface area contributed by atoms with Gasteiger partial charge in [0.1, 0.15) is 12.1 Å². The minimum atomic E-state index is -0.375. The van der Waals surface area contributed by atoms with Crippen LogP contribution in [0.1, 0.15) is 45.4 Å². The third-order valence-corrected chi connectivity index (χ3v) is 4.63. The van der Waals surface area contributed by atoms with Crippen molar-refractivity contribution in [3.8, 4) is 0 Å². The van der Waals surface area contributed by atoms with Crippen LogP contribution in [0.3, 0.4) is 0 Å². The van der Waals surface area contributed by atoms with Gasteiger partial charge in [0.05, 0.1) is 6.10 Å². The Bertz CT molecular complexity index is 389. The molecule has 3 aliphatic rings. The summed E-state index contributed by atoms with van der Waals surface area (Å²) in [5.41, 5.74) is 0. The van der Waals surface area contributed by atoms with Crippen LogP contribution in [0.25, 0.3) is 0 Å². The molecule has 0 radical (unpaired) electrons. The maximum absolute atomic E-state index is 12.3. The zero-order valence-electron chi connectivity index (χ0n) is 12.1. The maximum atomic E-state index is 12.3. The van der Waals surface area contributed by atoms with Crippen molar-refractivity contribution in [1.82, 2.24) is 10.2 Å². The van der Waals surface area contributed by atoms with Gasteiger partial charge in [-0.05, 0) is 51.4 Å². The summed E-state index contributed by atoms with van der Waals surface area (Å²) < 4.78 is 5.62. The monoisotopic (exact) mass is 280 g/mol. The lowest BCUT2D eigenvalue weighted by molar-refractivity contribution is -0.149. The molecule has 1 saturated carbocycles.